The Balaban J connectivity index is 2.16. The Morgan fingerprint density at radius 1 is 1.25 bits per heavy atom. The molecule has 0 bridgehead atoms. The van der Waals surface area contributed by atoms with Crippen LogP contribution in [0.1, 0.15) is 21.5 Å². The second kappa shape index (κ2) is 5.97. The number of halogens is 1. The van der Waals surface area contributed by atoms with E-state index in [1.807, 2.05) is 31.2 Å². The van der Waals surface area contributed by atoms with Crippen LogP contribution in [0.3, 0.4) is 0 Å². The maximum atomic E-state index is 12.3. The molecule has 1 N–H and O–H groups in total. The molecule has 2 aromatic carbocycles. The molecule has 0 unspecified atom stereocenters. The summed E-state index contributed by atoms with van der Waals surface area (Å²) in [6, 6.07) is 12.4. The molecule has 0 fully saturated rings. The third kappa shape index (κ3) is 3.11. The Labute approximate surface area is 123 Å². The summed E-state index contributed by atoms with van der Waals surface area (Å²) in [6.45, 7) is 2.55. The zero-order chi connectivity index (χ0) is 14.7. The van der Waals surface area contributed by atoms with E-state index in [4.69, 9.17) is 11.6 Å². The number of phenols is 1. The average molecular weight is 290 g/mol. The maximum absolute atomic E-state index is 12.3. The molecule has 0 spiro atoms. The molecule has 0 aromatic heterocycles. The van der Waals surface area contributed by atoms with E-state index in [-0.39, 0.29) is 16.7 Å². The Kier molecular flexibility index (Phi) is 4.30. The van der Waals surface area contributed by atoms with Gasteiger partial charge >= 0.3 is 0 Å². The van der Waals surface area contributed by atoms with Crippen LogP contribution in [0.25, 0.3) is 0 Å². The first-order valence-electron chi connectivity index (χ1n) is 6.27. The summed E-state index contributed by atoms with van der Waals surface area (Å²) in [5.74, 6) is -0.153. The van der Waals surface area contributed by atoms with Crippen LogP contribution in [-0.2, 0) is 6.54 Å². The van der Waals surface area contributed by atoms with Gasteiger partial charge in [-0.3, -0.25) is 4.79 Å². The molecule has 2 aromatic rings. The van der Waals surface area contributed by atoms with Crippen LogP contribution < -0.4 is 0 Å². The van der Waals surface area contributed by atoms with Gasteiger partial charge in [-0.05, 0) is 36.2 Å². The van der Waals surface area contributed by atoms with Gasteiger partial charge in [0.05, 0.1) is 5.02 Å². The minimum Gasteiger partial charge on any atom is -0.506 e. The summed E-state index contributed by atoms with van der Waals surface area (Å²) >= 11 is 5.83. The van der Waals surface area contributed by atoms with Crippen molar-refractivity contribution >= 4 is 17.5 Å². The van der Waals surface area contributed by atoms with Gasteiger partial charge in [-0.25, -0.2) is 0 Å². The quantitative estimate of drug-likeness (QED) is 0.937. The summed E-state index contributed by atoms with van der Waals surface area (Å²) in [4.78, 5) is 13.9. The third-order valence-electron chi connectivity index (χ3n) is 3.21. The number of nitrogens with zero attached hydrogens (tertiary/aromatic N) is 1. The van der Waals surface area contributed by atoms with Gasteiger partial charge in [0, 0.05) is 19.2 Å². The minimum atomic E-state index is -0.129. The van der Waals surface area contributed by atoms with E-state index in [2.05, 4.69) is 0 Å². The van der Waals surface area contributed by atoms with E-state index in [0.717, 1.165) is 11.1 Å². The molecule has 1 amide bonds. The topological polar surface area (TPSA) is 40.5 Å². The number of hydrogen-bond donors (Lipinski definition) is 1. The van der Waals surface area contributed by atoms with Crippen LogP contribution in [0.15, 0.2) is 42.5 Å². The molecule has 0 aliphatic rings. The van der Waals surface area contributed by atoms with E-state index >= 15 is 0 Å². The predicted octanol–water partition coefficient (Wildman–Crippen LogP) is 3.63. The number of phenolic OH excluding ortho intramolecular Hbond substituents is 1. The fraction of sp³-hybridized carbons (Fsp3) is 0.188. The Hall–Kier alpha value is -2.00. The molecular formula is C16H16ClNO2. The molecule has 0 saturated heterocycles. The standard InChI is InChI=1S/C16H16ClNO2/c1-11-5-3-4-6-13(11)10-18(2)16(20)12-7-8-15(19)14(17)9-12/h3-9,19H,10H2,1-2H3. The minimum absolute atomic E-state index is 0.0234. The summed E-state index contributed by atoms with van der Waals surface area (Å²) in [5, 5.41) is 9.56. The van der Waals surface area contributed by atoms with Crippen LogP contribution in [0.4, 0.5) is 0 Å². The van der Waals surface area contributed by atoms with Crippen molar-refractivity contribution in [1.29, 1.82) is 0 Å². The summed E-state index contributed by atoms with van der Waals surface area (Å²) in [6.07, 6.45) is 0. The van der Waals surface area contributed by atoms with Crippen molar-refractivity contribution in [3.05, 3.63) is 64.2 Å². The smallest absolute Gasteiger partial charge is 0.253 e. The lowest BCUT2D eigenvalue weighted by molar-refractivity contribution is 0.0785. The molecule has 20 heavy (non-hydrogen) atoms. The van der Waals surface area contributed by atoms with Gasteiger partial charge in [-0.2, -0.15) is 0 Å². The van der Waals surface area contributed by atoms with Gasteiger partial charge in [0.1, 0.15) is 5.75 Å². The van der Waals surface area contributed by atoms with E-state index in [1.165, 1.54) is 12.1 Å². The van der Waals surface area contributed by atoms with Crippen molar-refractivity contribution in [3.63, 3.8) is 0 Å². The molecule has 0 aliphatic heterocycles. The predicted molar refractivity (Wildman–Crippen MR) is 80.1 cm³/mol. The fourth-order valence-electron chi connectivity index (χ4n) is 1.98. The fourth-order valence-corrected chi connectivity index (χ4v) is 2.16. The molecule has 3 nitrogen and oxygen atoms in total. The molecule has 0 saturated carbocycles. The number of aromatic hydroxyl groups is 1. The molecule has 0 radical (unpaired) electrons. The second-order valence-corrected chi connectivity index (χ2v) is 5.16. The maximum Gasteiger partial charge on any atom is 0.253 e. The highest BCUT2D eigenvalue weighted by Gasteiger charge is 2.14. The first-order valence-corrected chi connectivity index (χ1v) is 6.65. The Bertz CT molecular complexity index is 640. The van der Waals surface area contributed by atoms with Crippen molar-refractivity contribution in [2.24, 2.45) is 0 Å². The van der Waals surface area contributed by atoms with Crippen LogP contribution >= 0.6 is 11.6 Å². The Morgan fingerprint density at radius 2 is 1.95 bits per heavy atom. The van der Waals surface area contributed by atoms with Crippen LogP contribution in [0.5, 0.6) is 5.75 Å². The summed E-state index contributed by atoms with van der Waals surface area (Å²) in [5.41, 5.74) is 2.72. The number of aryl methyl sites for hydroxylation is 1. The monoisotopic (exact) mass is 289 g/mol. The van der Waals surface area contributed by atoms with E-state index in [1.54, 1.807) is 18.0 Å². The number of benzene rings is 2. The van der Waals surface area contributed by atoms with Gasteiger partial charge < -0.3 is 10.0 Å². The largest absolute Gasteiger partial charge is 0.506 e. The van der Waals surface area contributed by atoms with Gasteiger partial charge in [0.2, 0.25) is 0 Å². The lowest BCUT2D eigenvalue weighted by Gasteiger charge is -2.18. The molecule has 0 aliphatic carbocycles. The SMILES string of the molecule is Cc1ccccc1CN(C)C(=O)c1ccc(O)c(Cl)c1. The first-order chi connectivity index (χ1) is 9.49. The van der Waals surface area contributed by atoms with Gasteiger partial charge in [-0.1, -0.05) is 35.9 Å². The lowest BCUT2D eigenvalue weighted by atomic mass is 10.1. The second-order valence-electron chi connectivity index (χ2n) is 4.75. The molecule has 104 valence electrons. The van der Waals surface area contributed by atoms with E-state index < -0.39 is 0 Å². The highest BCUT2D eigenvalue weighted by Crippen LogP contribution is 2.24. The van der Waals surface area contributed by atoms with Gasteiger partial charge in [0.15, 0.2) is 0 Å². The van der Waals surface area contributed by atoms with Crippen LogP contribution in [-0.4, -0.2) is 23.0 Å². The van der Waals surface area contributed by atoms with E-state index in [0.29, 0.717) is 12.1 Å². The van der Waals surface area contributed by atoms with Gasteiger partial charge in [-0.15, -0.1) is 0 Å². The highest BCUT2D eigenvalue weighted by atomic mass is 35.5. The molecular weight excluding hydrogens is 274 g/mol. The van der Waals surface area contributed by atoms with Crippen molar-refractivity contribution in [3.8, 4) is 5.75 Å². The molecule has 0 heterocycles. The van der Waals surface area contributed by atoms with Crippen molar-refractivity contribution in [1.82, 2.24) is 4.90 Å². The van der Waals surface area contributed by atoms with Crippen LogP contribution in [0.2, 0.25) is 5.02 Å². The number of rotatable bonds is 3. The molecule has 0 atom stereocenters. The summed E-state index contributed by atoms with van der Waals surface area (Å²) < 4.78 is 0. The van der Waals surface area contributed by atoms with Gasteiger partial charge in [0.25, 0.3) is 5.91 Å². The van der Waals surface area contributed by atoms with Crippen molar-refractivity contribution < 1.29 is 9.90 Å². The molecule has 4 heteroatoms. The summed E-state index contributed by atoms with van der Waals surface area (Å²) in [7, 11) is 1.75. The number of carbonyl (C=O) groups excluding carboxylic acids is 1. The lowest BCUT2D eigenvalue weighted by Crippen LogP contribution is -2.26. The van der Waals surface area contributed by atoms with Crippen LogP contribution in [0, 0.1) is 6.92 Å². The Morgan fingerprint density at radius 3 is 2.60 bits per heavy atom. The number of carbonyl (C=O) groups is 1. The molecule has 2 rings (SSSR count). The van der Waals surface area contributed by atoms with E-state index in [9.17, 15) is 9.90 Å². The highest BCUT2D eigenvalue weighted by molar-refractivity contribution is 6.32. The number of hydrogen-bond acceptors (Lipinski definition) is 2. The zero-order valence-corrected chi connectivity index (χ0v) is 12.2. The number of amides is 1. The first kappa shape index (κ1) is 14.4. The van der Waals surface area contributed by atoms with Crippen molar-refractivity contribution in [2.75, 3.05) is 7.05 Å². The average Bonchev–Trinajstić information content (AvgIpc) is 2.43. The van der Waals surface area contributed by atoms with Crippen molar-refractivity contribution in [2.45, 2.75) is 13.5 Å². The zero-order valence-electron chi connectivity index (χ0n) is 11.4. The third-order valence-corrected chi connectivity index (χ3v) is 3.51. The normalized spacial score (nSPS) is 10.3.